The minimum Gasteiger partial charge on any atom is -0.466 e. The highest BCUT2D eigenvalue weighted by Gasteiger charge is 2.18. The van der Waals surface area contributed by atoms with Crippen LogP contribution in [0, 0.1) is 0 Å². The van der Waals surface area contributed by atoms with Crippen molar-refractivity contribution in [1.29, 1.82) is 0 Å². The van der Waals surface area contributed by atoms with Crippen LogP contribution in [0.15, 0.2) is 30.6 Å². The zero-order valence-corrected chi connectivity index (χ0v) is 14.4. The van der Waals surface area contributed by atoms with Crippen molar-refractivity contribution < 1.29 is 14.6 Å². The number of methoxy groups -OCH3 is 1. The molecule has 2 heterocycles. The molecular formula is C18H20N4O3. The number of aliphatic hydroxyl groups is 1. The predicted octanol–water partition coefficient (Wildman–Crippen LogP) is 2.12. The molecule has 0 radical (unpaired) electrons. The van der Waals surface area contributed by atoms with Crippen molar-refractivity contribution in [1.82, 2.24) is 14.5 Å². The van der Waals surface area contributed by atoms with Gasteiger partial charge in [0, 0.05) is 11.5 Å². The lowest BCUT2D eigenvalue weighted by atomic mass is 10.1. The van der Waals surface area contributed by atoms with Crippen LogP contribution in [0.2, 0.25) is 0 Å². The Morgan fingerprint density at radius 3 is 2.88 bits per heavy atom. The van der Waals surface area contributed by atoms with Crippen LogP contribution in [0.1, 0.15) is 19.4 Å². The summed E-state index contributed by atoms with van der Waals surface area (Å²) in [6, 6.07) is 5.62. The van der Waals surface area contributed by atoms with Gasteiger partial charge in [0.2, 0.25) is 0 Å². The maximum Gasteiger partial charge on any atom is 0.330 e. The number of nitrogen functional groups attached to an aromatic ring is 1. The Morgan fingerprint density at radius 2 is 2.20 bits per heavy atom. The van der Waals surface area contributed by atoms with Gasteiger partial charge in [-0.15, -0.1) is 0 Å². The van der Waals surface area contributed by atoms with Crippen LogP contribution in [-0.4, -0.2) is 38.3 Å². The van der Waals surface area contributed by atoms with Crippen molar-refractivity contribution in [3.8, 4) is 0 Å². The number of carbonyl (C=O) groups is 1. The molecule has 0 saturated carbocycles. The molecule has 3 aromatic rings. The summed E-state index contributed by atoms with van der Waals surface area (Å²) in [6.07, 6.45) is 4.66. The molecule has 0 spiro atoms. The van der Waals surface area contributed by atoms with Crippen LogP contribution in [0.4, 0.5) is 5.82 Å². The quantitative estimate of drug-likeness (QED) is 0.557. The third kappa shape index (κ3) is 3.46. The van der Waals surface area contributed by atoms with Gasteiger partial charge in [0.15, 0.2) is 5.82 Å². The monoisotopic (exact) mass is 340 g/mol. The number of ether oxygens (including phenoxy) is 1. The molecule has 7 heteroatoms. The normalized spacial score (nSPS) is 12.3. The van der Waals surface area contributed by atoms with Gasteiger partial charge in [0.05, 0.1) is 36.6 Å². The van der Waals surface area contributed by atoms with E-state index in [-0.39, 0.29) is 0 Å². The number of benzene rings is 1. The predicted molar refractivity (Wildman–Crippen MR) is 96.8 cm³/mol. The zero-order valence-electron chi connectivity index (χ0n) is 14.4. The summed E-state index contributed by atoms with van der Waals surface area (Å²) in [6.45, 7) is 3.86. The highest BCUT2D eigenvalue weighted by atomic mass is 16.5. The topological polar surface area (TPSA) is 103 Å². The van der Waals surface area contributed by atoms with Crippen LogP contribution in [0.3, 0.4) is 0 Å². The van der Waals surface area contributed by atoms with Crippen LogP contribution < -0.4 is 5.73 Å². The van der Waals surface area contributed by atoms with E-state index in [1.54, 1.807) is 26.3 Å². The number of imidazole rings is 1. The minimum atomic E-state index is -0.888. The lowest BCUT2D eigenvalue weighted by molar-refractivity contribution is -0.134. The largest absolute Gasteiger partial charge is 0.466 e. The first-order valence-corrected chi connectivity index (χ1v) is 7.81. The van der Waals surface area contributed by atoms with Crippen molar-refractivity contribution in [3.63, 3.8) is 0 Å². The zero-order chi connectivity index (χ0) is 18.2. The summed E-state index contributed by atoms with van der Waals surface area (Å²) in [4.78, 5) is 20.0. The van der Waals surface area contributed by atoms with Gasteiger partial charge in [0.25, 0.3) is 0 Å². The molecule has 0 saturated heterocycles. The number of nitrogens with zero attached hydrogens (tertiary/aromatic N) is 3. The van der Waals surface area contributed by atoms with Crippen LogP contribution in [-0.2, 0) is 16.1 Å². The molecule has 1 aromatic carbocycles. The number of carbonyl (C=O) groups excluding carboxylic acids is 1. The number of aromatic nitrogens is 3. The summed E-state index contributed by atoms with van der Waals surface area (Å²) in [5.74, 6) is -0.0997. The van der Waals surface area contributed by atoms with Gasteiger partial charge in [-0.2, -0.15) is 0 Å². The van der Waals surface area contributed by atoms with Gasteiger partial charge in [-0.3, -0.25) is 0 Å². The molecule has 0 atom stereocenters. The fraction of sp³-hybridized carbons (Fsp3) is 0.278. The number of nitrogens with two attached hydrogens (primary N) is 1. The first kappa shape index (κ1) is 16.9. The standard InChI is InChI=1S/C18H20N4O3/c1-18(2,24)9-22-10-20-15-16(22)12-6-4-11(5-7-14(23)25-3)8-13(12)21-17(15)19/h4-8,10,24H,9H2,1-3H3,(H2,19,21). The lowest BCUT2D eigenvalue weighted by Gasteiger charge is -2.18. The molecule has 25 heavy (non-hydrogen) atoms. The molecule has 3 rings (SSSR count). The first-order chi connectivity index (χ1) is 11.8. The molecule has 0 aliphatic rings. The maximum absolute atomic E-state index is 11.2. The van der Waals surface area contributed by atoms with Crippen LogP contribution >= 0.6 is 0 Å². The van der Waals surface area contributed by atoms with E-state index in [9.17, 15) is 9.90 Å². The van der Waals surface area contributed by atoms with Crippen molar-refractivity contribution in [2.75, 3.05) is 12.8 Å². The molecule has 0 aliphatic heterocycles. The minimum absolute atomic E-state index is 0.325. The SMILES string of the molecule is COC(=O)C=Cc1ccc2c(c1)nc(N)c1ncn(CC(C)(C)O)c12. The van der Waals surface area contributed by atoms with E-state index in [0.717, 1.165) is 16.5 Å². The summed E-state index contributed by atoms with van der Waals surface area (Å²) < 4.78 is 6.47. The lowest BCUT2D eigenvalue weighted by Crippen LogP contribution is -2.25. The Bertz CT molecular complexity index is 983. The van der Waals surface area contributed by atoms with E-state index in [1.807, 2.05) is 22.8 Å². The molecule has 3 N–H and O–H groups in total. The number of hydrogen-bond donors (Lipinski definition) is 2. The fourth-order valence-corrected chi connectivity index (χ4v) is 2.75. The second-order valence-electron chi connectivity index (χ2n) is 6.51. The molecule has 0 fully saturated rings. The number of hydrogen-bond acceptors (Lipinski definition) is 6. The molecule has 130 valence electrons. The van der Waals surface area contributed by atoms with Crippen LogP contribution in [0.25, 0.3) is 28.0 Å². The van der Waals surface area contributed by atoms with Gasteiger partial charge in [-0.25, -0.2) is 14.8 Å². The van der Waals surface area contributed by atoms with Gasteiger partial charge < -0.3 is 20.1 Å². The van der Waals surface area contributed by atoms with Gasteiger partial charge in [-0.1, -0.05) is 12.1 Å². The number of anilines is 1. The van der Waals surface area contributed by atoms with E-state index in [4.69, 9.17) is 5.73 Å². The molecule has 2 aromatic heterocycles. The molecule has 7 nitrogen and oxygen atoms in total. The molecular weight excluding hydrogens is 320 g/mol. The third-order valence-corrected chi connectivity index (χ3v) is 3.77. The Kier molecular flexibility index (Phi) is 4.18. The van der Waals surface area contributed by atoms with Crippen molar-refractivity contribution in [2.24, 2.45) is 0 Å². The number of fused-ring (bicyclic) bond motifs is 3. The Hall–Kier alpha value is -2.93. The maximum atomic E-state index is 11.2. The van der Waals surface area contributed by atoms with E-state index in [0.29, 0.717) is 23.4 Å². The van der Waals surface area contributed by atoms with Gasteiger partial charge in [-0.05, 0) is 31.6 Å². The Morgan fingerprint density at radius 1 is 1.44 bits per heavy atom. The van der Waals surface area contributed by atoms with Crippen molar-refractivity contribution in [2.45, 2.75) is 26.0 Å². The number of esters is 1. The molecule has 0 bridgehead atoms. The Balaban J connectivity index is 2.16. The number of rotatable bonds is 4. The average molecular weight is 340 g/mol. The first-order valence-electron chi connectivity index (χ1n) is 7.81. The summed E-state index contributed by atoms with van der Waals surface area (Å²) in [7, 11) is 1.33. The second kappa shape index (κ2) is 6.18. The van der Waals surface area contributed by atoms with Crippen molar-refractivity contribution in [3.05, 3.63) is 36.2 Å². The molecule has 0 aliphatic carbocycles. The van der Waals surface area contributed by atoms with Crippen molar-refractivity contribution >= 4 is 39.8 Å². The average Bonchev–Trinajstić information content (AvgIpc) is 2.95. The molecule has 0 unspecified atom stereocenters. The number of pyridine rings is 1. The van der Waals surface area contributed by atoms with Crippen LogP contribution in [0.5, 0.6) is 0 Å². The summed E-state index contributed by atoms with van der Waals surface area (Å²) in [5.41, 5.74) is 8.09. The molecule has 0 amide bonds. The van der Waals surface area contributed by atoms with Gasteiger partial charge >= 0.3 is 5.97 Å². The Labute approximate surface area is 144 Å². The highest BCUT2D eigenvalue weighted by molar-refractivity contribution is 6.06. The van der Waals surface area contributed by atoms with E-state index in [2.05, 4.69) is 14.7 Å². The van der Waals surface area contributed by atoms with E-state index >= 15 is 0 Å². The van der Waals surface area contributed by atoms with E-state index < -0.39 is 11.6 Å². The third-order valence-electron chi connectivity index (χ3n) is 3.77. The summed E-state index contributed by atoms with van der Waals surface area (Å²) >= 11 is 0. The fourth-order valence-electron chi connectivity index (χ4n) is 2.75. The van der Waals surface area contributed by atoms with Gasteiger partial charge in [0.1, 0.15) is 5.52 Å². The second-order valence-corrected chi connectivity index (χ2v) is 6.51. The van der Waals surface area contributed by atoms with E-state index in [1.165, 1.54) is 13.2 Å². The smallest absolute Gasteiger partial charge is 0.330 e. The summed E-state index contributed by atoms with van der Waals surface area (Å²) in [5, 5.41) is 11.0. The highest BCUT2D eigenvalue weighted by Crippen LogP contribution is 2.29.